The highest BCUT2D eigenvalue weighted by atomic mass is 19.4. The highest BCUT2D eigenvalue weighted by molar-refractivity contribution is 5.99. The monoisotopic (exact) mass is 448 g/mol. The number of nitrogens with zero attached hydrogens (tertiary/aromatic N) is 1. The number of ether oxygens (including phenoxy) is 1. The van der Waals surface area contributed by atoms with E-state index in [2.05, 4.69) is 20.9 Å². The SMILES string of the molecule is O=C1COc2c(cccc2NC(=O)NCc2ccc(C(F)(F)F)nc2C2CCCCC2)N1. The number of nitrogens with one attached hydrogen (secondary N) is 3. The van der Waals surface area contributed by atoms with Gasteiger partial charge in [0.15, 0.2) is 12.4 Å². The molecular weight excluding hydrogens is 425 g/mol. The van der Waals surface area contributed by atoms with Gasteiger partial charge in [-0.1, -0.05) is 31.4 Å². The third-order valence-corrected chi connectivity index (χ3v) is 5.62. The number of benzene rings is 1. The summed E-state index contributed by atoms with van der Waals surface area (Å²) in [7, 11) is 0. The number of amides is 3. The molecular formula is C22H23F3N4O3. The zero-order valence-electron chi connectivity index (χ0n) is 17.2. The molecule has 0 bridgehead atoms. The van der Waals surface area contributed by atoms with Gasteiger partial charge in [0.2, 0.25) is 0 Å². The van der Waals surface area contributed by atoms with Gasteiger partial charge in [-0.15, -0.1) is 0 Å². The number of fused-ring (bicyclic) bond motifs is 1. The Morgan fingerprint density at radius 2 is 1.94 bits per heavy atom. The number of hydrogen-bond acceptors (Lipinski definition) is 4. The first-order valence-electron chi connectivity index (χ1n) is 10.5. The number of urea groups is 1. The van der Waals surface area contributed by atoms with Crippen LogP contribution in [0.4, 0.5) is 29.3 Å². The van der Waals surface area contributed by atoms with Gasteiger partial charge in [0, 0.05) is 18.2 Å². The zero-order chi connectivity index (χ0) is 22.7. The summed E-state index contributed by atoms with van der Waals surface area (Å²) in [5, 5.41) is 8.01. The zero-order valence-corrected chi connectivity index (χ0v) is 17.2. The average Bonchev–Trinajstić information content (AvgIpc) is 2.77. The van der Waals surface area contributed by atoms with Crippen molar-refractivity contribution in [3.05, 3.63) is 47.3 Å². The smallest absolute Gasteiger partial charge is 0.433 e. The molecule has 7 nitrogen and oxygen atoms in total. The van der Waals surface area contributed by atoms with Gasteiger partial charge in [-0.2, -0.15) is 13.2 Å². The first kappa shape index (κ1) is 21.9. The van der Waals surface area contributed by atoms with E-state index in [1.165, 1.54) is 6.07 Å². The van der Waals surface area contributed by atoms with Gasteiger partial charge in [-0.3, -0.25) is 4.79 Å². The largest absolute Gasteiger partial charge is 0.479 e. The van der Waals surface area contributed by atoms with Crippen molar-refractivity contribution in [2.75, 3.05) is 17.2 Å². The Bertz CT molecular complexity index is 1020. The molecule has 4 rings (SSSR count). The van der Waals surface area contributed by atoms with Gasteiger partial charge in [-0.25, -0.2) is 9.78 Å². The number of hydrogen-bond donors (Lipinski definition) is 3. The standard InChI is InChI=1S/C22H23F3N4O3/c23-22(24,25)17-10-9-14(19(29-17)13-5-2-1-3-6-13)11-26-21(31)28-16-8-4-7-15-20(16)32-12-18(30)27-15/h4,7-10,13H,1-3,5-6,11-12H2,(H,27,30)(H2,26,28,31). The number of rotatable bonds is 4. The van der Waals surface area contributed by atoms with E-state index in [4.69, 9.17) is 4.74 Å². The molecule has 1 aromatic heterocycles. The van der Waals surface area contributed by atoms with Crippen LogP contribution in [-0.4, -0.2) is 23.5 Å². The van der Waals surface area contributed by atoms with Gasteiger partial charge >= 0.3 is 12.2 Å². The minimum absolute atomic E-state index is 0.0371. The molecule has 0 spiro atoms. The summed E-state index contributed by atoms with van der Waals surface area (Å²) >= 11 is 0. The number of carbonyl (C=O) groups is 2. The molecule has 0 unspecified atom stereocenters. The van der Waals surface area contributed by atoms with Crippen LogP contribution in [0.3, 0.4) is 0 Å². The molecule has 170 valence electrons. The molecule has 2 heterocycles. The van der Waals surface area contributed by atoms with Crippen molar-refractivity contribution in [1.29, 1.82) is 0 Å². The first-order chi connectivity index (χ1) is 15.3. The quantitative estimate of drug-likeness (QED) is 0.627. The maximum Gasteiger partial charge on any atom is 0.433 e. The Morgan fingerprint density at radius 1 is 1.16 bits per heavy atom. The van der Waals surface area contributed by atoms with Crippen LogP contribution in [-0.2, 0) is 17.5 Å². The lowest BCUT2D eigenvalue weighted by Crippen LogP contribution is -2.31. The summed E-state index contributed by atoms with van der Waals surface area (Å²) in [6.45, 7) is -0.120. The summed E-state index contributed by atoms with van der Waals surface area (Å²) in [5.41, 5.74) is 0.881. The normalized spacial score (nSPS) is 16.5. The second kappa shape index (κ2) is 9.05. The number of pyridine rings is 1. The molecule has 0 radical (unpaired) electrons. The Hall–Kier alpha value is -3.30. The topological polar surface area (TPSA) is 92.3 Å². The molecule has 1 aromatic carbocycles. The van der Waals surface area contributed by atoms with Crippen LogP contribution in [0.5, 0.6) is 5.75 Å². The van der Waals surface area contributed by atoms with Crippen LogP contribution in [0.2, 0.25) is 0 Å². The fourth-order valence-electron chi connectivity index (χ4n) is 4.10. The molecule has 1 fully saturated rings. The number of halogens is 3. The Kier molecular flexibility index (Phi) is 6.20. The van der Waals surface area contributed by atoms with E-state index in [-0.39, 0.29) is 25.0 Å². The van der Waals surface area contributed by atoms with E-state index in [1.54, 1.807) is 18.2 Å². The van der Waals surface area contributed by atoms with Crippen LogP contribution < -0.4 is 20.7 Å². The second-order valence-corrected chi connectivity index (χ2v) is 7.90. The van der Waals surface area contributed by atoms with E-state index in [9.17, 15) is 22.8 Å². The number of para-hydroxylation sites is 1. The van der Waals surface area contributed by atoms with Crippen LogP contribution >= 0.6 is 0 Å². The predicted molar refractivity (Wildman–Crippen MR) is 111 cm³/mol. The van der Waals surface area contributed by atoms with E-state index in [1.807, 2.05) is 0 Å². The van der Waals surface area contributed by atoms with Crippen LogP contribution in [0.1, 0.15) is 55.0 Å². The minimum Gasteiger partial charge on any atom is -0.479 e. The van der Waals surface area contributed by atoms with Crippen molar-refractivity contribution >= 4 is 23.3 Å². The molecule has 2 aliphatic rings. The van der Waals surface area contributed by atoms with Gasteiger partial charge in [0.1, 0.15) is 5.69 Å². The summed E-state index contributed by atoms with van der Waals surface area (Å²) in [6.07, 6.45) is 0.0145. The van der Waals surface area contributed by atoms with Crippen LogP contribution in [0.15, 0.2) is 30.3 Å². The summed E-state index contributed by atoms with van der Waals surface area (Å²) in [4.78, 5) is 27.9. The van der Waals surface area contributed by atoms with Gasteiger partial charge in [-0.05, 0) is 36.6 Å². The van der Waals surface area contributed by atoms with Gasteiger partial charge in [0.05, 0.1) is 11.4 Å². The maximum atomic E-state index is 13.2. The molecule has 1 saturated carbocycles. The van der Waals surface area contributed by atoms with Gasteiger partial charge in [0.25, 0.3) is 5.91 Å². The molecule has 1 aliphatic heterocycles. The highest BCUT2D eigenvalue weighted by Gasteiger charge is 2.34. The molecule has 0 atom stereocenters. The maximum absolute atomic E-state index is 13.2. The average molecular weight is 448 g/mol. The molecule has 3 N–H and O–H groups in total. The van der Waals surface area contributed by atoms with Crippen molar-refractivity contribution in [3.63, 3.8) is 0 Å². The van der Waals surface area contributed by atoms with E-state index < -0.39 is 17.9 Å². The summed E-state index contributed by atoms with van der Waals surface area (Å²) < 4.78 is 45.0. The summed E-state index contributed by atoms with van der Waals surface area (Å²) in [5.74, 6) is 0.00885. The fraction of sp³-hybridized carbons (Fsp3) is 0.409. The predicted octanol–water partition coefficient (Wildman–Crippen LogP) is 4.80. The van der Waals surface area contributed by atoms with E-state index in [0.29, 0.717) is 28.4 Å². The van der Waals surface area contributed by atoms with E-state index in [0.717, 1.165) is 38.2 Å². The molecule has 0 saturated heterocycles. The molecule has 3 amide bonds. The van der Waals surface area contributed by atoms with Crippen molar-refractivity contribution in [3.8, 4) is 5.75 Å². The van der Waals surface area contributed by atoms with Gasteiger partial charge < -0.3 is 20.7 Å². The number of alkyl halides is 3. The van der Waals surface area contributed by atoms with Crippen molar-refractivity contribution in [2.45, 2.75) is 50.7 Å². The van der Waals surface area contributed by atoms with Crippen molar-refractivity contribution in [2.24, 2.45) is 0 Å². The lowest BCUT2D eigenvalue weighted by Gasteiger charge is -2.24. The van der Waals surface area contributed by atoms with Crippen LogP contribution in [0, 0.1) is 0 Å². The minimum atomic E-state index is -4.52. The third-order valence-electron chi connectivity index (χ3n) is 5.62. The Morgan fingerprint density at radius 3 is 2.69 bits per heavy atom. The number of carbonyl (C=O) groups excluding carboxylic acids is 2. The lowest BCUT2D eigenvalue weighted by atomic mass is 9.85. The lowest BCUT2D eigenvalue weighted by molar-refractivity contribution is -0.141. The molecule has 32 heavy (non-hydrogen) atoms. The Labute approximate surface area is 182 Å². The molecule has 1 aliphatic carbocycles. The Balaban J connectivity index is 1.48. The summed E-state index contributed by atoms with van der Waals surface area (Å²) in [6, 6.07) is 6.73. The van der Waals surface area contributed by atoms with E-state index >= 15 is 0 Å². The number of anilines is 2. The molecule has 2 aromatic rings. The third kappa shape index (κ3) is 4.95. The van der Waals surface area contributed by atoms with Crippen molar-refractivity contribution in [1.82, 2.24) is 10.3 Å². The first-order valence-corrected chi connectivity index (χ1v) is 10.5. The molecule has 10 heteroatoms. The second-order valence-electron chi connectivity index (χ2n) is 7.90. The van der Waals surface area contributed by atoms with Crippen molar-refractivity contribution < 1.29 is 27.5 Å². The fourth-order valence-corrected chi connectivity index (χ4v) is 4.10. The van der Waals surface area contributed by atoms with Crippen LogP contribution in [0.25, 0.3) is 0 Å². The number of aromatic nitrogens is 1. The highest BCUT2D eigenvalue weighted by Crippen LogP contribution is 2.37.